The van der Waals surface area contributed by atoms with Crippen LogP contribution in [0.1, 0.15) is 25.8 Å². The van der Waals surface area contributed by atoms with Gasteiger partial charge in [-0.25, -0.2) is 0 Å². The maximum absolute atomic E-state index is 5.76. The molecule has 0 aliphatic rings. The summed E-state index contributed by atoms with van der Waals surface area (Å²) < 4.78 is 1.10. The fourth-order valence-corrected chi connectivity index (χ4v) is 2.15. The van der Waals surface area contributed by atoms with E-state index in [2.05, 4.69) is 52.9 Å². The van der Waals surface area contributed by atoms with Crippen molar-refractivity contribution in [3.05, 3.63) is 28.2 Å². The van der Waals surface area contributed by atoms with Gasteiger partial charge in [-0.2, -0.15) is 0 Å². The number of halogens is 1. The van der Waals surface area contributed by atoms with Crippen molar-refractivity contribution in [2.45, 2.75) is 26.8 Å². The molecule has 15 heavy (non-hydrogen) atoms. The number of nitrogens with zero attached hydrogens (tertiary/aromatic N) is 1. The number of anilines is 1. The molecule has 0 spiro atoms. The van der Waals surface area contributed by atoms with E-state index in [4.69, 9.17) is 5.73 Å². The van der Waals surface area contributed by atoms with Crippen molar-refractivity contribution in [2.75, 3.05) is 18.0 Å². The molecule has 0 saturated carbocycles. The van der Waals surface area contributed by atoms with Crippen LogP contribution in [-0.4, -0.2) is 13.1 Å². The first-order valence-corrected chi connectivity index (χ1v) is 6.25. The minimum Gasteiger partial charge on any atom is -0.372 e. The second-order valence-corrected chi connectivity index (χ2v) is 4.47. The first kappa shape index (κ1) is 12.5. The second-order valence-electron chi connectivity index (χ2n) is 3.56. The Bertz CT molecular complexity index is 312. The minimum atomic E-state index is 0.592. The highest BCUT2D eigenvalue weighted by Crippen LogP contribution is 2.24. The molecule has 1 rings (SSSR count). The average molecular weight is 271 g/mol. The monoisotopic (exact) mass is 270 g/mol. The molecule has 0 aliphatic carbocycles. The van der Waals surface area contributed by atoms with Gasteiger partial charge in [-0.1, -0.05) is 22.9 Å². The van der Waals surface area contributed by atoms with Gasteiger partial charge in [0.25, 0.3) is 0 Å². The van der Waals surface area contributed by atoms with Gasteiger partial charge >= 0.3 is 0 Å². The Kier molecular flexibility index (Phi) is 5.12. The molecule has 0 aliphatic heterocycles. The highest BCUT2D eigenvalue weighted by atomic mass is 79.9. The number of benzene rings is 1. The smallest absolute Gasteiger partial charge is 0.0412 e. The molecule has 3 heteroatoms. The Labute approximate surface area is 101 Å². The summed E-state index contributed by atoms with van der Waals surface area (Å²) in [5, 5.41) is 0. The molecule has 0 radical (unpaired) electrons. The predicted molar refractivity (Wildman–Crippen MR) is 70.2 cm³/mol. The average Bonchev–Trinajstić information content (AvgIpc) is 2.26. The summed E-state index contributed by atoms with van der Waals surface area (Å²) in [6.07, 6.45) is 1.16. The third kappa shape index (κ3) is 3.21. The van der Waals surface area contributed by atoms with Crippen LogP contribution >= 0.6 is 15.9 Å². The zero-order valence-electron chi connectivity index (χ0n) is 9.46. The number of hydrogen-bond donors (Lipinski definition) is 1. The molecular weight excluding hydrogens is 252 g/mol. The van der Waals surface area contributed by atoms with E-state index < -0.39 is 0 Å². The van der Waals surface area contributed by atoms with Crippen LogP contribution in [0.3, 0.4) is 0 Å². The molecule has 2 N–H and O–H groups in total. The first-order chi connectivity index (χ1) is 7.22. The largest absolute Gasteiger partial charge is 0.372 e. The van der Waals surface area contributed by atoms with Crippen molar-refractivity contribution in [1.29, 1.82) is 0 Å². The Morgan fingerprint density at radius 3 is 2.60 bits per heavy atom. The summed E-state index contributed by atoms with van der Waals surface area (Å²) in [5.41, 5.74) is 8.24. The van der Waals surface area contributed by atoms with Crippen LogP contribution < -0.4 is 10.6 Å². The topological polar surface area (TPSA) is 29.3 Å². The molecule has 84 valence electrons. The van der Waals surface area contributed by atoms with E-state index in [-0.39, 0.29) is 0 Å². The molecule has 0 heterocycles. The Hall–Kier alpha value is -0.540. The molecule has 0 aromatic heterocycles. The van der Waals surface area contributed by atoms with Gasteiger partial charge in [-0.3, -0.25) is 0 Å². The third-order valence-electron chi connectivity index (χ3n) is 2.48. The highest BCUT2D eigenvalue weighted by molar-refractivity contribution is 9.10. The van der Waals surface area contributed by atoms with Crippen molar-refractivity contribution >= 4 is 21.6 Å². The molecule has 2 nitrogen and oxygen atoms in total. The summed E-state index contributed by atoms with van der Waals surface area (Å²) in [4.78, 5) is 2.37. The lowest BCUT2D eigenvalue weighted by Gasteiger charge is -2.25. The van der Waals surface area contributed by atoms with E-state index in [1.54, 1.807) is 0 Å². The predicted octanol–water partition coefficient (Wildman–Crippen LogP) is 3.14. The standard InChI is InChI=1S/C12H19BrN2/c1-3-7-15(4-2)12-6-5-11(13)8-10(12)9-14/h5-6,8H,3-4,7,9,14H2,1-2H3. The summed E-state index contributed by atoms with van der Waals surface area (Å²) in [6, 6.07) is 6.33. The molecule has 0 amide bonds. The lowest BCUT2D eigenvalue weighted by Crippen LogP contribution is -2.25. The van der Waals surface area contributed by atoms with Crippen LogP contribution in [0.2, 0.25) is 0 Å². The number of nitrogens with two attached hydrogens (primary N) is 1. The van der Waals surface area contributed by atoms with E-state index in [0.717, 1.165) is 24.0 Å². The Balaban J connectivity index is 2.99. The van der Waals surface area contributed by atoms with Gasteiger partial charge in [0.05, 0.1) is 0 Å². The van der Waals surface area contributed by atoms with Gasteiger partial charge in [0.2, 0.25) is 0 Å². The first-order valence-electron chi connectivity index (χ1n) is 5.46. The maximum Gasteiger partial charge on any atom is 0.0412 e. The number of hydrogen-bond acceptors (Lipinski definition) is 2. The fourth-order valence-electron chi connectivity index (χ4n) is 1.74. The van der Waals surface area contributed by atoms with E-state index in [9.17, 15) is 0 Å². The summed E-state index contributed by atoms with van der Waals surface area (Å²) >= 11 is 3.47. The van der Waals surface area contributed by atoms with E-state index in [1.165, 1.54) is 11.3 Å². The third-order valence-corrected chi connectivity index (χ3v) is 2.97. The van der Waals surface area contributed by atoms with Gasteiger partial charge in [-0.05, 0) is 37.1 Å². The molecule has 0 unspecified atom stereocenters. The van der Waals surface area contributed by atoms with Crippen molar-refractivity contribution in [2.24, 2.45) is 5.73 Å². The fraction of sp³-hybridized carbons (Fsp3) is 0.500. The van der Waals surface area contributed by atoms with Crippen molar-refractivity contribution in [1.82, 2.24) is 0 Å². The molecule has 0 bridgehead atoms. The zero-order valence-corrected chi connectivity index (χ0v) is 11.0. The van der Waals surface area contributed by atoms with Gasteiger partial charge in [-0.15, -0.1) is 0 Å². The van der Waals surface area contributed by atoms with Crippen molar-refractivity contribution in [3.63, 3.8) is 0 Å². The molecule has 1 aromatic carbocycles. The Morgan fingerprint density at radius 1 is 1.33 bits per heavy atom. The van der Waals surface area contributed by atoms with E-state index >= 15 is 0 Å². The van der Waals surface area contributed by atoms with Gasteiger partial charge < -0.3 is 10.6 Å². The van der Waals surface area contributed by atoms with Crippen LogP contribution in [0.25, 0.3) is 0 Å². The number of rotatable bonds is 5. The normalized spacial score (nSPS) is 10.4. The highest BCUT2D eigenvalue weighted by Gasteiger charge is 2.08. The van der Waals surface area contributed by atoms with E-state index in [0.29, 0.717) is 6.54 Å². The zero-order chi connectivity index (χ0) is 11.3. The van der Waals surface area contributed by atoms with Crippen LogP contribution in [0, 0.1) is 0 Å². The molecule has 1 aromatic rings. The van der Waals surface area contributed by atoms with Gasteiger partial charge in [0.15, 0.2) is 0 Å². The quantitative estimate of drug-likeness (QED) is 0.891. The molecule has 0 saturated heterocycles. The van der Waals surface area contributed by atoms with Gasteiger partial charge in [0, 0.05) is 29.8 Å². The summed E-state index contributed by atoms with van der Waals surface area (Å²) in [5.74, 6) is 0. The lowest BCUT2D eigenvalue weighted by atomic mass is 10.1. The minimum absolute atomic E-state index is 0.592. The van der Waals surface area contributed by atoms with Crippen molar-refractivity contribution in [3.8, 4) is 0 Å². The SMILES string of the molecule is CCCN(CC)c1ccc(Br)cc1CN. The summed E-state index contributed by atoms with van der Waals surface area (Å²) in [7, 11) is 0. The Morgan fingerprint density at radius 2 is 2.07 bits per heavy atom. The lowest BCUT2D eigenvalue weighted by molar-refractivity contribution is 0.785. The molecule has 0 atom stereocenters. The van der Waals surface area contributed by atoms with Gasteiger partial charge in [0.1, 0.15) is 0 Å². The van der Waals surface area contributed by atoms with Crippen LogP contribution in [0.15, 0.2) is 22.7 Å². The molecular formula is C12H19BrN2. The van der Waals surface area contributed by atoms with Crippen LogP contribution in [0.4, 0.5) is 5.69 Å². The molecule has 0 fully saturated rings. The maximum atomic E-state index is 5.76. The van der Waals surface area contributed by atoms with Crippen LogP contribution in [-0.2, 0) is 6.54 Å². The van der Waals surface area contributed by atoms with Crippen LogP contribution in [0.5, 0.6) is 0 Å². The van der Waals surface area contributed by atoms with E-state index in [1.807, 2.05) is 0 Å². The van der Waals surface area contributed by atoms with Crippen molar-refractivity contribution < 1.29 is 0 Å². The second kappa shape index (κ2) is 6.13. The summed E-state index contributed by atoms with van der Waals surface area (Å²) in [6.45, 7) is 7.09.